The molecule has 2 aromatic carbocycles. The summed E-state index contributed by atoms with van der Waals surface area (Å²) in [6, 6.07) is 14.9. The summed E-state index contributed by atoms with van der Waals surface area (Å²) in [5.74, 6) is -0.148. The number of hydrogen-bond donors (Lipinski definition) is 2. The Morgan fingerprint density at radius 1 is 0.724 bits per heavy atom. The standard InChI is InChI=1S/C24H24N2O3/c1-16(27)25-22-10-6-18(7-11-22)14-20-4-3-5-21(24(20)29)15-19-8-12-23(13-9-19)26-17(2)28/h6-15H,3-5H2,1-2H3,(H,25,27)(H,26,28)/b20-14+,21-15+. The molecule has 1 saturated carbocycles. The highest BCUT2D eigenvalue weighted by molar-refractivity contribution is 6.14. The summed E-state index contributed by atoms with van der Waals surface area (Å²) in [6.45, 7) is 2.94. The maximum absolute atomic E-state index is 12.9. The molecule has 2 N–H and O–H groups in total. The number of anilines is 2. The number of allylic oxidation sites excluding steroid dienone is 2. The van der Waals surface area contributed by atoms with Crippen LogP contribution < -0.4 is 10.6 Å². The molecule has 0 radical (unpaired) electrons. The Labute approximate surface area is 170 Å². The van der Waals surface area contributed by atoms with E-state index in [1.807, 2.05) is 60.7 Å². The van der Waals surface area contributed by atoms with Crippen molar-refractivity contribution in [3.8, 4) is 0 Å². The molecule has 0 bridgehead atoms. The van der Waals surface area contributed by atoms with Gasteiger partial charge in [-0.25, -0.2) is 0 Å². The lowest BCUT2D eigenvalue weighted by molar-refractivity contribution is -0.115. The molecule has 1 fully saturated rings. The molecule has 1 aliphatic carbocycles. The van der Waals surface area contributed by atoms with Crippen molar-refractivity contribution in [1.82, 2.24) is 0 Å². The lowest BCUT2D eigenvalue weighted by atomic mass is 9.87. The fourth-order valence-corrected chi connectivity index (χ4v) is 3.31. The summed E-state index contributed by atoms with van der Waals surface area (Å²) >= 11 is 0. The van der Waals surface area contributed by atoms with Crippen molar-refractivity contribution in [2.24, 2.45) is 0 Å². The van der Waals surface area contributed by atoms with Gasteiger partial charge < -0.3 is 10.6 Å². The summed E-state index contributed by atoms with van der Waals surface area (Å²) in [4.78, 5) is 35.1. The molecule has 2 amide bonds. The van der Waals surface area contributed by atoms with Crippen LogP contribution in [0.25, 0.3) is 12.2 Å². The highest BCUT2D eigenvalue weighted by Gasteiger charge is 2.20. The maximum atomic E-state index is 12.9. The molecular formula is C24H24N2O3. The van der Waals surface area contributed by atoms with E-state index in [-0.39, 0.29) is 17.6 Å². The molecule has 0 aromatic heterocycles. The Kier molecular flexibility index (Phi) is 6.39. The third kappa shape index (κ3) is 5.75. The van der Waals surface area contributed by atoms with Crippen LogP contribution in [0.1, 0.15) is 44.2 Å². The van der Waals surface area contributed by atoms with Gasteiger partial charge in [0.2, 0.25) is 11.8 Å². The third-order valence-corrected chi connectivity index (χ3v) is 4.62. The van der Waals surface area contributed by atoms with Gasteiger partial charge in [-0.15, -0.1) is 0 Å². The van der Waals surface area contributed by atoms with Crippen molar-refractivity contribution < 1.29 is 14.4 Å². The van der Waals surface area contributed by atoms with Crippen LogP contribution in [0, 0.1) is 0 Å². The van der Waals surface area contributed by atoms with E-state index in [0.29, 0.717) is 0 Å². The van der Waals surface area contributed by atoms with Gasteiger partial charge in [-0.1, -0.05) is 24.3 Å². The summed E-state index contributed by atoms with van der Waals surface area (Å²) in [7, 11) is 0. The quantitative estimate of drug-likeness (QED) is 0.737. The van der Waals surface area contributed by atoms with Gasteiger partial charge in [0.25, 0.3) is 0 Å². The topological polar surface area (TPSA) is 75.3 Å². The second kappa shape index (κ2) is 9.15. The first kappa shape index (κ1) is 20.3. The van der Waals surface area contributed by atoms with E-state index < -0.39 is 0 Å². The van der Waals surface area contributed by atoms with Crippen molar-refractivity contribution in [3.05, 3.63) is 70.8 Å². The van der Waals surface area contributed by atoms with Gasteiger partial charge in [-0.3, -0.25) is 14.4 Å². The van der Waals surface area contributed by atoms with E-state index in [2.05, 4.69) is 10.6 Å². The summed E-state index contributed by atoms with van der Waals surface area (Å²) in [5.41, 5.74) is 4.93. The zero-order chi connectivity index (χ0) is 20.8. The fourth-order valence-electron chi connectivity index (χ4n) is 3.31. The summed E-state index contributed by atoms with van der Waals surface area (Å²) < 4.78 is 0. The SMILES string of the molecule is CC(=O)Nc1ccc(/C=C2\CCC/C(=C\c3ccc(NC(C)=O)cc3)C2=O)cc1. The molecule has 0 heterocycles. The minimum Gasteiger partial charge on any atom is -0.326 e. The van der Waals surface area contributed by atoms with E-state index in [9.17, 15) is 14.4 Å². The Morgan fingerprint density at radius 3 is 1.45 bits per heavy atom. The maximum Gasteiger partial charge on any atom is 0.221 e. The second-order valence-corrected chi connectivity index (χ2v) is 7.13. The third-order valence-electron chi connectivity index (χ3n) is 4.62. The zero-order valence-electron chi connectivity index (χ0n) is 16.6. The van der Waals surface area contributed by atoms with E-state index >= 15 is 0 Å². The molecule has 5 nitrogen and oxygen atoms in total. The molecule has 29 heavy (non-hydrogen) atoms. The van der Waals surface area contributed by atoms with Gasteiger partial charge in [0.05, 0.1) is 0 Å². The van der Waals surface area contributed by atoms with Crippen molar-refractivity contribution in [1.29, 1.82) is 0 Å². The van der Waals surface area contributed by atoms with Crippen molar-refractivity contribution >= 4 is 41.1 Å². The molecule has 2 aromatic rings. The molecule has 0 atom stereocenters. The molecule has 3 rings (SSSR count). The summed E-state index contributed by atoms with van der Waals surface area (Å²) in [6.07, 6.45) is 6.28. The monoisotopic (exact) mass is 388 g/mol. The highest BCUT2D eigenvalue weighted by Crippen LogP contribution is 2.28. The smallest absolute Gasteiger partial charge is 0.221 e. The van der Waals surface area contributed by atoms with Crippen LogP contribution in [0.4, 0.5) is 11.4 Å². The Balaban J connectivity index is 1.75. The van der Waals surface area contributed by atoms with Gasteiger partial charge in [0, 0.05) is 36.4 Å². The molecule has 0 aliphatic heterocycles. The first-order valence-electron chi connectivity index (χ1n) is 9.62. The first-order valence-corrected chi connectivity index (χ1v) is 9.62. The molecule has 0 saturated heterocycles. The van der Waals surface area contributed by atoms with Crippen LogP contribution in [0.15, 0.2) is 59.7 Å². The van der Waals surface area contributed by atoms with Gasteiger partial charge in [0.1, 0.15) is 0 Å². The fraction of sp³-hybridized carbons (Fsp3) is 0.208. The molecule has 148 valence electrons. The number of benzene rings is 2. The van der Waals surface area contributed by atoms with Crippen LogP contribution in [-0.4, -0.2) is 17.6 Å². The van der Waals surface area contributed by atoms with Gasteiger partial charge in [-0.2, -0.15) is 0 Å². The van der Waals surface area contributed by atoms with Crippen LogP contribution in [0.3, 0.4) is 0 Å². The molecule has 5 heteroatoms. The normalized spacial score (nSPS) is 16.7. The van der Waals surface area contributed by atoms with Crippen molar-refractivity contribution in [3.63, 3.8) is 0 Å². The molecular weight excluding hydrogens is 364 g/mol. The Morgan fingerprint density at radius 2 is 1.10 bits per heavy atom. The van der Waals surface area contributed by atoms with E-state index in [0.717, 1.165) is 52.9 Å². The van der Waals surface area contributed by atoms with Gasteiger partial charge >= 0.3 is 0 Å². The predicted octanol–water partition coefficient (Wildman–Crippen LogP) is 4.82. The van der Waals surface area contributed by atoms with Crippen LogP contribution >= 0.6 is 0 Å². The number of carbonyl (C=O) groups is 3. The van der Waals surface area contributed by atoms with Crippen molar-refractivity contribution in [2.75, 3.05) is 10.6 Å². The number of nitrogens with one attached hydrogen (secondary N) is 2. The zero-order valence-corrected chi connectivity index (χ0v) is 16.6. The van der Waals surface area contributed by atoms with Crippen LogP contribution in [0.5, 0.6) is 0 Å². The Hall–Kier alpha value is -3.47. The van der Waals surface area contributed by atoms with E-state index in [1.165, 1.54) is 13.8 Å². The number of amides is 2. The minimum atomic E-state index is -0.113. The lowest BCUT2D eigenvalue weighted by Gasteiger charge is -2.17. The van der Waals surface area contributed by atoms with E-state index in [1.54, 1.807) is 0 Å². The minimum absolute atomic E-state index is 0.0770. The predicted molar refractivity (Wildman–Crippen MR) is 116 cm³/mol. The second-order valence-electron chi connectivity index (χ2n) is 7.13. The lowest BCUT2D eigenvalue weighted by Crippen LogP contribution is -2.12. The molecule has 0 unspecified atom stereocenters. The van der Waals surface area contributed by atoms with Gasteiger partial charge in [0.15, 0.2) is 5.78 Å². The largest absolute Gasteiger partial charge is 0.326 e. The first-order chi connectivity index (χ1) is 13.9. The molecule has 0 spiro atoms. The number of Topliss-reactive ketones (excluding diaryl/α,β-unsaturated/α-hetero) is 1. The van der Waals surface area contributed by atoms with Gasteiger partial charge in [-0.05, 0) is 66.8 Å². The van der Waals surface area contributed by atoms with E-state index in [4.69, 9.17) is 0 Å². The summed E-state index contributed by atoms with van der Waals surface area (Å²) in [5, 5.41) is 5.47. The van der Waals surface area contributed by atoms with Crippen LogP contribution in [0.2, 0.25) is 0 Å². The van der Waals surface area contributed by atoms with Crippen molar-refractivity contribution in [2.45, 2.75) is 33.1 Å². The highest BCUT2D eigenvalue weighted by atomic mass is 16.2. The number of hydrogen-bond acceptors (Lipinski definition) is 3. The molecule has 1 aliphatic rings. The number of ketones is 1. The number of carbonyl (C=O) groups excluding carboxylic acids is 3. The average molecular weight is 388 g/mol. The number of rotatable bonds is 4. The Bertz CT molecular complexity index is 904. The average Bonchev–Trinajstić information content (AvgIpc) is 2.67. The van der Waals surface area contributed by atoms with Crippen LogP contribution in [-0.2, 0) is 14.4 Å².